The maximum Gasteiger partial charge on any atom is 0.460 e. The van der Waals surface area contributed by atoms with Crippen LogP contribution in [0, 0.1) is 6.92 Å². The Balaban J connectivity index is 2.98. The number of amides is 1. The van der Waals surface area contributed by atoms with E-state index in [9.17, 15) is 35.5 Å². The van der Waals surface area contributed by atoms with E-state index in [-0.39, 0.29) is 5.69 Å². The summed E-state index contributed by atoms with van der Waals surface area (Å²) < 4.78 is 86.7. The Labute approximate surface area is 108 Å². The predicted molar refractivity (Wildman–Crippen MR) is 55.8 cm³/mol. The number of carbonyl (C=O) groups excluding carboxylic acids is 1. The van der Waals surface area contributed by atoms with Gasteiger partial charge >= 0.3 is 23.9 Å². The Kier molecular flexibility index (Phi) is 4.02. The maximum atomic E-state index is 13.0. The maximum absolute atomic E-state index is 13.0. The van der Waals surface area contributed by atoms with E-state index in [1.165, 1.54) is 17.4 Å². The molecule has 20 heavy (non-hydrogen) atoms. The second-order valence-corrected chi connectivity index (χ2v) is 3.97. The number of hydrogen-bond acceptors (Lipinski definition) is 1. The molecule has 0 unspecified atom stereocenters. The van der Waals surface area contributed by atoms with Crippen molar-refractivity contribution in [2.24, 2.45) is 0 Å². The van der Waals surface area contributed by atoms with Crippen molar-refractivity contribution in [3.05, 3.63) is 29.8 Å². The molecule has 2 nitrogen and oxygen atoms in total. The predicted octanol–water partition coefficient (Wildman–Crippen LogP) is 3.77. The number of anilines is 1. The minimum Gasteiger partial charge on any atom is -0.321 e. The van der Waals surface area contributed by atoms with E-state index in [4.69, 9.17) is 0 Å². The zero-order valence-electron chi connectivity index (χ0n) is 9.86. The summed E-state index contributed by atoms with van der Waals surface area (Å²) in [6.45, 7) is 1.62. The van der Waals surface area contributed by atoms with E-state index in [0.717, 1.165) is 12.1 Å². The molecule has 1 N–H and O–H groups in total. The lowest BCUT2D eigenvalue weighted by molar-refractivity contribution is -0.343. The average Bonchev–Trinajstić information content (AvgIpc) is 2.30. The smallest absolute Gasteiger partial charge is 0.321 e. The molecule has 1 aromatic rings. The monoisotopic (exact) mass is 303 g/mol. The Morgan fingerprint density at radius 3 is 1.80 bits per heavy atom. The van der Waals surface area contributed by atoms with Gasteiger partial charge in [-0.1, -0.05) is 17.7 Å². The van der Waals surface area contributed by atoms with Gasteiger partial charge in [0.2, 0.25) is 0 Å². The molecule has 112 valence electrons. The second-order valence-electron chi connectivity index (χ2n) is 3.97. The van der Waals surface area contributed by atoms with Gasteiger partial charge in [0.25, 0.3) is 0 Å². The molecule has 0 aliphatic carbocycles. The van der Waals surface area contributed by atoms with Gasteiger partial charge < -0.3 is 5.32 Å². The fourth-order valence-electron chi connectivity index (χ4n) is 1.17. The summed E-state index contributed by atoms with van der Waals surface area (Å²) in [5.41, 5.74) is 0.355. The van der Waals surface area contributed by atoms with E-state index in [1.807, 2.05) is 0 Å². The van der Waals surface area contributed by atoms with Crippen LogP contribution >= 0.6 is 0 Å². The van der Waals surface area contributed by atoms with Crippen LogP contribution in [0.5, 0.6) is 0 Å². The van der Waals surface area contributed by atoms with Gasteiger partial charge in [0.15, 0.2) is 0 Å². The summed E-state index contributed by atoms with van der Waals surface area (Å²) in [4.78, 5) is 11.0. The molecule has 0 radical (unpaired) electrons. The SMILES string of the molecule is Cc1ccc(NC(=O)C(F)(F)C(F)(F)C(F)(F)F)cc1. The molecule has 0 saturated carbocycles. The molecule has 9 heteroatoms. The van der Waals surface area contributed by atoms with Crippen molar-refractivity contribution in [3.8, 4) is 0 Å². The normalized spacial score (nSPS) is 13.2. The number of halogens is 7. The first kappa shape index (κ1) is 16.3. The van der Waals surface area contributed by atoms with Gasteiger partial charge in [-0.15, -0.1) is 0 Å². The molecule has 0 bridgehead atoms. The van der Waals surface area contributed by atoms with Gasteiger partial charge in [-0.05, 0) is 19.1 Å². The first-order valence-electron chi connectivity index (χ1n) is 5.10. The lowest BCUT2D eigenvalue weighted by atomic mass is 10.1. The van der Waals surface area contributed by atoms with Crippen LogP contribution in [-0.2, 0) is 4.79 Å². The van der Waals surface area contributed by atoms with Crippen LogP contribution in [0.3, 0.4) is 0 Å². The van der Waals surface area contributed by atoms with Gasteiger partial charge in [0.05, 0.1) is 0 Å². The zero-order valence-corrected chi connectivity index (χ0v) is 9.86. The number of benzene rings is 1. The third-order valence-corrected chi connectivity index (χ3v) is 2.34. The van der Waals surface area contributed by atoms with E-state index >= 15 is 0 Å². The topological polar surface area (TPSA) is 29.1 Å². The van der Waals surface area contributed by atoms with Crippen LogP contribution in [0.25, 0.3) is 0 Å². The Bertz CT molecular complexity index is 492. The van der Waals surface area contributed by atoms with Gasteiger partial charge in [0.1, 0.15) is 0 Å². The Morgan fingerprint density at radius 1 is 0.950 bits per heavy atom. The molecule has 0 atom stereocenters. The van der Waals surface area contributed by atoms with Gasteiger partial charge in [-0.2, -0.15) is 30.7 Å². The number of hydrogen-bond donors (Lipinski definition) is 1. The largest absolute Gasteiger partial charge is 0.460 e. The molecular weight excluding hydrogens is 295 g/mol. The van der Waals surface area contributed by atoms with Crippen LogP contribution in [-0.4, -0.2) is 23.9 Å². The standard InChI is InChI=1S/C11H8F7NO/c1-6-2-4-7(5-3-6)19-8(20)9(12,13)10(14,15)11(16,17)18/h2-5H,1H3,(H,19,20). The molecule has 0 aromatic heterocycles. The zero-order chi connectivity index (χ0) is 15.8. The number of carbonyl (C=O) groups is 1. The summed E-state index contributed by atoms with van der Waals surface area (Å²) >= 11 is 0. The molecule has 0 heterocycles. The summed E-state index contributed by atoms with van der Waals surface area (Å²) in [6, 6.07) is 4.90. The minimum atomic E-state index is -6.54. The highest BCUT2D eigenvalue weighted by Crippen LogP contribution is 2.46. The Morgan fingerprint density at radius 2 is 1.40 bits per heavy atom. The summed E-state index contributed by atoms with van der Waals surface area (Å²) in [7, 11) is 0. The highest BCUT2D eigenvalue weighted by atomic mass is 19.4. The van der Waals surface area contributed by atoms with Crippen molar-refractivity contribution in [3.63, 3.8) is 0 Å². The van der Waals surface area contributed by atoms with Crippen molar-refractivity contribution in [2.45, 2.75) is 24.9 Å². The van der Waals surface area contributed by atoms with E-state index < -0.39 is 23.9 Å². The number of alkyl halides is 7. The molecule has 1 amide bonds. The summed E-state index contributed by atoms with van der Waals surface area (Å²) in [6.07, 6.45) is -6.54. The Hall–Kier alpha value is -1.80. The van der Waals surface area contributed by atoms with Crippen LogP contribution in [0.4, 0.5) is 36.4 Å². The first-order chi connectivity index (χ1) is 8.89. The van der Waals surface area contributed by atoms with E-state index in [1.54, 1.807) is 6.92 Å². The molecule has 0 aliphatic heterocycles. The number of nitrogens with one attached hydrogen (secondary N) is 1. The lowest BCUT2D eigenvalue weighted by Crippen LogP contribution is -2.57. The van der Waals surface area contributed by atoms with Gasteiger partial charge in [0, 0.05) is 5.69 Å². The molecule has 1 rings (SSSR count). The van der Waals surface area contributed by atoms with Gasteiger partial charge in [-0.25, -0.2) is 0 Å². The fourth-order valence-corrected chi connectivity index (χ4v) is 1.17. The van der Waals surface area contributed by atoms with E-state index in [2.05, 4.69) is 0 Å². The minimum absolute atomic E-state index is 0.321. The fraction of sp³-hybridized carbons (Fsp3) is 0.364. The summed E-state index contributed by atoms with van der Waals surface area (Å²) in [5, 5.41) is 1.32. The van der Waals surface area contributed by atoms with Crippen molar-refractivity contribution < 1.29 is 35.5 Å². The third-order valence-electron chi connectivity index (χ3n) is 2.34. The third kappa shape index (κ3) is 2.86. The van der Waals surface area contributed by atoms with Crippen LogP contribution in [0.1, 0.15) is 5.56 Å². The summed E-state index contributed by atoms with van der Waals surface area (Å²) in [5.74, 6) is -15.1. The van der Waals surface area contributed by atoms with Gasteiger partial charge in [-0.3, -0.25) is 4.79 Å². The van der Waals surface area contributed by atoms with Crippen LogP contribution in [0.2, 0.25) is 0 Å². The number of rotatable bonds is 3. The van der Waals surface area contributed by atoms with Crippen LogP contribution < -0.4 is 5.32 Å². The van der Waals surface area contributed by atoms with Crippen molar-refractivity contribution in [1.82, 2.24) is 0 Å². The van der Waals surface area contributed by atoms with Crippen LogP contribution in [0.15, 0.2) is 24.3 Å². The van der Waals surface area contributed by atoms with Crippen molar-refractivity contribution in [1.29, 1.82) is 0 Å². The van der Waals surface area contributed by atoms with E-state index in [0.29, 0.717) is 5.56 Å². The van der Waals surface area contributed by atoms with Crippen molar-refractivity contribution in [2.75, 3.05) is 5.32 Å². The average molecular weight is 303 g/mol. The molecule has 0 saturated heterocycles. The first-order valence-corrected chi connectivity index (χ1v) is 5.10. The quantitative estimate of drug-likeness (QED) is 0.846. The molecule has 0 fully saturated rings. The highest BCUT2D eigenvalue weighted by Gasteiger charge is 2.76. The molecule has 1 aromatic carbocycles. The number of aryl methyl sites for hydroxylation is 1. The molecule has 0 spiro atoms. The second kappa shape index (κ2) is 4.95. The molecule has 0 aliphatic rings. The lowest BCUT2D eigenvalue weighted by Gasteiger charge is -2.27. The van der Waals surface area contributed by atoms with Crippen molar-refractivity contribution >= 4 is 11.6 Å². The molecular formula is C11H8F7NO. The highest BCUT2D eigenvalue weighted by molar-refractivity contribution is 5.97.